The second-order valence-electron chi connectivity index (χ2n) is 9.73. The van der Waals surface area contributed by atoms with Gasteiger partial charge < -0.3 is 54.1 Å². The number of aliphatic imine (C=N–C) groups is 1. The fourth-order valence-electron chi connectivity index (χ4n) is 3.94. The number of nitrogens with two attached hydrogens (primary N) is 4. The van der Waals surface area contributed by atoms with E-state index in [1.807, 2.05) is 0 Å². The normalized spacial score (nSPS) is 13.5. The Kier molecular flexibility index (Phi) is 13.4. The summed E-state index contributed by atoms with van der Waals surface area (Å²) in [5.74, 6) is -4.59. The zero-order chi connectivity index (χ0) is 31.9. The number of aromatic amines is 1. The van der Waals surface area contributed by atoms with Gasteiger partial charge >= 0.3 is 5.97 Å². The van der Waals surface area contributed by atoms with E-state index in [-0.39, 0.29) is 56.8 Å². The van der Waals surface area contributed by atoms with Crippen LogP contribution in [0.5, 0.6) is 5.75 Å². The summed E-state index contributed by atoms with van der Waals surface area (Å²) in [6, 6.07) is 0.949. The van der Waals surface area contributed by atoms with Crippen LogP contribution in [0, 0.1) is 0 Å². The third-order valence-corrected chi connectivity index (χ3v) is 6.21. The number of primary amides is 1. The Labute approximate surface area is 246 Å². The summed E-state index contributed by atoms with van der Waals surface area (Å²) in [5.41, 5.74) is 23.0. The summed E-state index contributed by atoms with van der Waals surface area (Å²) in [7, 11) is 0. The second-order valence-corrected chi connectivity index (χ2v) is 9.73. The summed E-state index contributed by atoms with van der Waals surface area (Å²) in [6.07, 6.45) is 2.67. The molecule has 1 aromatic heterocycles. The van der Waals surface area contributed by atoms with E-state index in [4.69, 9.17) is 22.9 Å². The molecule has 4 amide bonds. The van der Waals surface area contributed by atoms with Crippen molar-refractivity contribution in [1.29, 1.82) is 0 Å². The maximum Gasteiger partial charge on any atom is 0.326 e. The minimum Gasteiger partial charge on any atom is -0.508 e. The van der Waals surface area contributed by atoms with Gasteiger partial charge in [0, 0.05) is 37.7 Å². The number of phenols is 1. The highest BCUT2D eigenvalue weighted by molar-refractivity contribution is 5.94. The number of aromatic nitrogens is 2. The summed E-state index contributed by atoms with van der Waals surface area (Å²) >= 11 is 0. The number of hydrogen-bond acceptors (Lipinski definition) is 9. The lowest BCUT2D eigenvalue weighted by molar-refractivity contribution is -0.142. The van der Waals surface area contributed by atoms with E-state index in [9.17, 15) is 34.2 Å². The summed E-state index contributed by atoms with van der Waals surface area (Å²) in [5, 5.41) is 26.6. The predicted octanol–water partition coefficient (Wildman–Crippen LogP) is -2.91. The molecule has 0 aliphatic heterocycles. The fraction of sp³-hybridized carbons (Fsp3) is 0.423. The van der Waals surface area contributed by atoms with Crippen LogP contribution >= 0.6 is 0 Å². The van der Waals surface area contributed by atoms with Gasteiger partial charge in [-0.25, -0.2) is 9.78 Å². The SMILES string of the molecule is NC(=O)CCC(NC(=O)C(CCCN=C(N)N)NC(=O)C(Cc1ccc(O)cc1)NC(=O)C(N)Cc1cnc[nH]1)C(=O)O. The van der Waals surface area contributed by atoms with Crippen LogP contribution < -0.4 is 38.9 Å². The number of carbonyl (C=O) groups is 5. The van der Waals surface area contributed by atoms with E-state index in [0.717, 1.165) is 0 Å². The van der Waals surface area contributed by atoms with Gasteiger partial charge in [-0.2, -0.15) is 0 Å². The van der Waals surface area contributed by atoms with Crippen molar-refractivity contribution in [3.63, 3.8) is 0 Å². The number of aromatic hydroxyl groups is 1. The third-order valence-electron chi connectivity index (χ3n) is 6.21. The average molecular weight is 603 g/mol. The van der Waals surface area contributed by atoms with Crippen LogP contribution in [0.3, 0.4) is 0 Å². The van der Waals surface area contributed by atoms with Crippen LogP contribution in [0.1, 0.15) is 36.9 Å². The molecule has 234 valence electrons. The predicted molar refractivity (Wildman–Crippen MR) is 154 cm³/mol. The third kappa shape index (κ3) is 12.5. The van der Waals surface area contributed by atoms with E-state index in [1.165, 1.54) is 24.7 Å². The van der Waals surface area contributed by atoms with E-state index >= 15 is 0 Å². The molecule has 0 saturated carbocycles. The Bertz CT molecular complexity index is 1260. The molecule has 2 aromatic rings. The first-order valence-corrected chi connectivity index (χ1v) is 13.3. The molecule has 0 aliphatic rings. The first-order chi connectivity index (χ1) is 20.3. The molecule has 0 bridgehead atoms. The van der Waals surface area contributed by atoms with Crippen LogP contribution in [0.2, 0.25) is 0 Å². The van der Waals surface area contributed by atoms with Gasteiger partial charge in [-0.15, -0.1) is 0 Å². The summed E-state index contributed by atoms with van der Waals surface area (Å²) in [4.78, 5) is 73.0. The number of guanidine groups is 1. The molecule has 17 heteroatoms. The van der Waals surface area contributed by atoms with Crippen molar-refractivity contribution in [3.8, 4) is 5.75 Å². The smallest absolute Gasteiger partial charge is 0.326 e. The van der Waals surface area contributed by atoms with Gasteiger partial charge in [-0.3, -0.25) is 24.2 Å². The van der Waals surface area contributed by atoms with Crippen LogP contribution in [0.15, 0.2) is 41.8 Å². The van der Waals surface area contributed by atoms with Gasteiger partial charge in [0.15, 0.2) is 5.96 Å². The number of imidazole rings is 1. The lowest BCUT2D eigenvalue weighted by Crippen LogP contribution is -2.57. The summed E-state index contributed by atoms with van der Waals surface area (Å²) < 4.78 is 0. The molecule has 0 aliphatic carbocycles. The van der Waals surface area contributed by atoms with Gasteiger partial charge in [-0.05, 0) is 37.0 Å². The summed E-state index contributed by atoms with van der Waals surface area (Å²) in [6.45, 7) is 0.113. The maximum absolute atomic E-state index is 13.5. The number of nitrogens with zero attached hydrogens (tertiary/aromatic N) is 2. The average Bonchev–Trinajstić information content (AvgIpc) is 3.45. The number of rotatable bonds is 18. The number of amides is 4. The van der Waals surface area contributed by atoms with Crippen molar-refractivity contribution in [2.45, 2.75) is 62.7 Å². The fourth-order valence-corrected chi connectivity index (χ4v) is 3.94. The Morgan fingerprint density at radius 2 is 1.51 bits per heavy atom. The van der Waals surface area contributed by atoms with Gasteiger partial charge in [0.1, 0.15) is 23.9 Å². The van der Waals surface area contributed by atoms with Crippen molar-refractivity contribution < 1.29 is 34.2 Å². The largest absolute Gasteiger partial charge is 0.508 e. The number of nitrogens with one attached hydrogen (secondary N) is 4. The Balaban J connectivity index is 2.25. The lowest BCUT2D eigenvalue weighted by Gasteiger charge is -2.25. The van der Waals surface area contributed by atoms with E-state index in [0.29, 0.717) is 11.3 Å². The molecular weight excluding hydrogens is 564 g/mol. The monoisotopic (exact) mass is 602 g/mol. The quantitative estimate of drug-likeness (QED) is 0.0468. The molecule has 1 aromatic carbocycles. The molecule has 0 spiro atoms. The molecule has 17 nitrogen and oxygen atoms in total. The Morgan fingerprint density at radius 3 is 2.09 bits per heavy atom. The highest BCUT2D eigenvalue weighted by Gasteiger charge is 2.30. The van der Waals surface area contributed by atoms with Crippen molar-refractivity contribution in [2.24, 2.45) is 27.9 Å². The number of H-pyrrole nitrogens is 1. The molecule has 0 saturated heterocycles. The molecule has 43 heavy (non-hydrogen) atoms. The van der Waals surface area contributed by atoms with Crippen LogP contribution in [0.4, 0.5) is 0 Å². The van der Waals surface area contributed by atoms with Crippen LogP contribution in [-0.2, 0) is 36.8 Å². The topological polar surface area (TPSA) is 307 Å². The first kappa shape index (κ1) is 34.0. The molecule has 4 atom stereocenters. The second kappa shape index (κ2) is 16.9. The number of carboxylic acids is 1. The van der Waals surface area contributed by atoms with Crippen molar-refractivity contribution in [2.75, 3.05) is 6.54 Å². The van der Waals surface area contributed by atoms with Crippen LogP contribution in [0.25, 0.3) is 0 Å². The number of hydrogen-bond donors (Lipinski definition) is 10. The van der Waals surface area contributed by atoms with E-state index < -0.39 is 53.8 Å². The zero-order valence-electron chi connectivity index (χ0n) is 23.4. The molecule has 2 rings (SSSR count). The van der Waals surface area contributed by atoms with Crippen molar-refractivity contribution in [3.05, 3.63) is 48.0 Å². The van der Waals surface area contributed by atoms with E-state index in [1.54, 1.807) is 12.1 Å². The highest BCUT2D eigenvalue weighted by atomic mass is 16.4. The molecular formula is C26H38N10O7. The van der Waals surface area contributed by atoms with Gasteiger partial charge in [-0.1, -0.05) is 12.1 Å². The number of carboxylic acid groups (broad SMARTS) is 1. The lowest BCUT2D eigenvalue weighted by atomic mass is 10.0. The number of carbonyl (C=O) groups excluding carboxylic acids is 4. The highest BCUT2D eigenvalue weighted by Crippen LogP contribution is 2.12. The number of aliphatic carboxylic acids is 1. The van der Waals surface area contributed by atoms with Gasteiger partial charge in [0.25, 0.3) is 0 Å². The molecule has 1 heterocycles. The maximum atomic E-state index is 13.5. The Hall–Kier alpha value is -5.19. The minimum atomic E-state index is -1.45. The molecule has 4 unspecified atom stereocenters. The number of phenolic OH excluding ortho intramolecular Hbond substituents is 1. The number of benzene rings is 1. The van der Waals surface area contributed by atoms with Gasteiger partial charge in [0.05, 0.1) is 12.4 Å². The van der Waals surface area contributed by atoms with Crippen molar-refractivity contribution >= 4 is 35.6 Å². The van der Waals surface area contributed by atoms with E-state index in [2.05, 4.69) is 30.9 Å². The zero-order valence-corrected chi connectivity index (χ0v) is 23.4. The molecule has 0 radical (unpaired) electrons. The first-order valence-electron chi connectivity index (χ1n) is 13.3. The molecule has 0 fully saturated rings. The standard InChI is InChI=1S/C26H38N10O7/c27-17(11-15-12-31-13-33-15)22(39)36-20(10-14-3-5-16(37)6-4-14)24(41)34-18(2-1-9-32-26(29)30)23(40)35-19(25(42)43)7-8-21(28)38/h3-6,12-13,17-20,37H,1-2,7-11,27H2,(H2,28,38)(H,31,33)(H,34,41)(H,35,40)(H,36,39)(H,42,43)(H4,29,30,32). The minimum absolute atomic E-state index is 0.00260. The Morgan fingerprint density at radius 1 is 0.884 bits per heavy atom. The van der Waals surface area contributed by atoms with Gasteiger partial charge in [0.2, 0.25) is 23.6 Å². The van der Waals surface area contributed by atoms with Crippen LogP contribution in [-0.4, -0.2) is 86.5 Å². The van der Waals surface area contributed by atoms with Crippen molar-refractivity contribution in [1.82, 2.24) is 25.9 Å². The molecule has 14 N–H and O–H groups in total.